The van der Waals surface area contributed by atoms with Crippen LogP contribution in [0.2, 0.25) is 0 Å². The van der Waals surface area contributed by atoms with Gasteiger partial charge in [-0.15, -0.1) is 0 Å². The number of hydrogen-bond donors (Lipinski definition) is 1. The lowest BCUT2D eigenvalue weighted by atomic mass is 10.1. The fraction of sp³-hybridized carbons (Fsp3) is 0.333. The Bertz CT molecular complexity index is 1060. The van der Waals surface area contributed by atoms with Crippen LogP contribution < -0.4 is 15.0 Å². The van der Waals surface area contributed by atoms with Gasteiger partial charge in [-0.1, -0.05) is 12.1 Å². The van der Waals surface area contributed by atoms with Crippen LogP contribution in [0.5, 0.6) is 5.75 Å². The molecule has 1 saturated heterocycles. The molecule has 3 rings (SSSR count). The van der Waals surface area contributed by atoms with E-state index in [0.717, 1.165) is 12.1 Å². The molecule has 1 aliphatic heterocycles. The van der Waals surface area contributed by atoms with Gasteiger partial charge in [-0.25, -0.2) is 4.79 Å². The van der Waals surface area contributed by atoms with Crippen LogP contribution >= 0.6 is 0 Å². The van der Waals surface area contributed by atoms with E-state index in [-0.39, 0.29) is 17.1 Å². The number of carbonyl (C=O) groups is 2. The van der Waals surface area contributed by atoms with Crippen molar-refractivity contribution < 1.29 is 41.9 Å². The van der Waals surface area contributed by atoms with Crippen LogP contribution in [0.25, 0.3) is 0 Å². The number of ether oxygens (including phenoxy) is 3. The van der Waals surface area contributed by atoms with Gasteiger partial charge in [-0.05, 0) is 24.3 Å². The molecule has 0 atom stereocenters. The number of rotatable bonds is 8. The minimum absolute atomic E-state index is 0.0889. The number of carbonyl (C=O) groups excluding carboxylic acids is 2. The molecule has 13 heteroatoms. The normalized spacial score (nSPS) is 13.8. The molecule has 0 bridgehead atoms. The largest absolute Gasteiger partial charge is 0.475 e. The van der Waals surface area contributed by atoms with E-state index in [2.05, 4.69) is 5.32 Å². The van der Waals surface area contributed by atoms with Crippen molar-refractivity contribution in [3.05, 3.63) is 58.1 Å². The Morgan fingerprint density at radius 3 is 2.50 bits per heavy atom. The van der Waals surface area contributed by atoms with Crippen molar-refractivity contribution in [1.82, 2.24) is 0 Å². The van der Waals surface area contributed by atoms with Gasteiger partial charge in [0.2, 0.25) is 0 Å². The molecule has 1 fully saturated rings. The molecule has 10 nitrogen and oxygen atoms in total. The number of para-hydroxylation sites is 2. The first-order valence-electron chi connectivity index (χ1n) is 10.0. The van der Waals surface area contributed by atoms with E-state index in [1.165, 1.54) is 30.3 Å². The number of hydrogen-bond acceptors (Lipinski definition) is 8. The van der Waals surface area contributed by atoms with Crippen LogP contribution in [0, 0.1) is 10.1 Å². The summed E-state index contributed by atoms with van der Waals surface area (Å²) < 4.78 is 54.6. The smallest absolute Gasteiger partial charge is 0.416 e. The summed E-state index contributed by atoms with van der Waals surface area (Å²) in [4.78, 5) is 36.2. The maximum Gasteiger partial charge on any atom is 0.416 e. The Balaban J connectivity index is 1.61. The van der Waals surface area contributed by atoms with E-state index in [1.807, 2.05) is 0 Å². The number of anilines is 2. The molecular formula is C21H20F3N3O7. The fourth-order valence-electron chi connectivity index (χ4n) is 3.13. The van der Waals surface area contributed by atoms with Crippen molar-refractivity contribution in [2.75, 3.05) is 49.7 Å². The molecule has 2 aromatic carbocycles. The number of halogens is 3. The highest BCUT2D eigenvalue weighted by Crippen LogP contribution is 2.35. The van der Waals surface area contributed by atoms with Gasteiger partial charge in [0.15, 0.2) is 19.0 Å². The van der Waals surface area contributed by atoms with Crippen LogP contribution in [-0.2, 0) is 25.2 Å². The summed E-state index contributed by atoms with van der Waals surface area (Å²) in [5.74, 6) is -2.02. The highest BCUT2D eigenvalue weighted by Gasteiger charge is 2.32. The summed E-state index contributed by atoms with van der Waals surface area (Å²) in [6, 6.07) is 8.36. The van der Waals surface area contributed by atoms with Gasteiger partial charge in [0, 0.05) is 19.2 Å². The fourth-order valence-corrected chi connectivity index (χ4v) is 3.13. The standard InChI is InChI=1S/C21H20F3N3O7/c22-21(23,24)14-5-6-16(26-7-9-32-10-8-26)15(11-14)25-19(28)12-34-20(29)13-33-18-4-2-1-3-17(18)27(30)31/h1-6,11H,7-10,12-13H2,(H,25,28). The number of amides is 1. The number of nitro groups is 1. The second-order valence-corrected chi connectivity index (χ2v) is 7.05. The van der Waals surface area contributed by atoms with Crippen molar-refractivity contribution in [2.24, 2.45) is 0 Å². The number of nitrogens with one attached hydrogen (secondary N) is 1. The van der Waals surface area contributed by atoms with Crippen molar-refractivity contribution in [2.45, 2.75) is 6.18 Å². The molecule has 0 unspecified atom stereocenters. The summed E-state index contributed by atoms with van der Waals surface area (Å²) in [6.07, 6.45) is -4.62. The predicted molar refractivity (Wildman–Crippen MR) is 113 cm³/mol. The minimum atomic E-state index is -4.62. The third-order valence-corrected chi connectivity index (χ3v) is 4.72. The quantitative estimate of drug-likeness (QED) is 0.346. The average Bonchev–Trinajstić information content (AvgIpc) is 2.81. The van der Waals surface area contributed by atoms with Gasteiger partial charge in [-0.3, -0.25) is 14.9 Å². The van der Waals surface area contributed by atoms with E-state index >= 15 is 0 Å². The van der Waals surface area contributed by atoms with Crippen LogP contribution in [0.4, 0.5) is 30.2 Å². The van der Waals surface area contributed by atoms with Crippen LogP contribution in [-0.4, -0.2) is 56.3 Å². The Morgan fingerprint density at radius 1 is 1.12 bits per heavy atom. The molecule has 182 valence electrons. The molecule has 0 aliphatic carbocycles. The number of nitrogens with zero attached hydrogens (tertiary/aromatic N) is 2. The molecule has 0 radical (unpaired) electrons. The maximum atomic E-state index is 13.2. The maximum absolute atomic E-state index is 13.2. The van der Waals surface area contributed by atoms with Crippen molar-refractivity contribution in [3.8, 4) is 5.75 Å². The van der Waals surface area contributed by atoms with Gasteiger partial charge in [0.25, 0.3) is 5.91 Å². The van der Waals surface area contributed by atoms with Crippen molar-refractivity contribution in [1.29, 1.82) is 0 Å². The molecular weight excluding hydrogens is 463 g/mol. The Labute approximate surface area is 191 Å². The lowest BCUT2D eigenvalue weighted by Crippen LogP contribution is -2.37. The zero-order chi connectivity index (χ0) is 24.7. The van der Waals surface area contributed by atoms with Gasteiger partial charge < -0.3 is 24.4 Å². The lowest BCUT2D eigenvalue weighted by Gasteiger charge is -2.31. The monoisotopic (exact) mass is 483 g/mol. The topological polar surface area (TPSA) is 120 Å². The van der Waals surface area contributed by atoms with E-state index in [4.69, 9.17) is 14.2 Å². The first-order valence-corrected chi connectivity index (χ1v) is 10.0. The summed E-state index contributed by atoms with van der Waals surface area (Å²) in [6.45, 7) is 0.105. The Kier molecular flexibility index (Phi) is 7.89. The second kappa shape index (κ2) is 10.8. The molecule has 0 spiro atoms. The molecule has 0 saturated carbocycles. The summed E-state index contributed by atoms with van der Waals surface area (Å²) in [7, 11) is 0. The number of nitro benzene ring substituents is 1. The number of alkyl halides is 3. The van der Waals surface area contributed by atoms with Gasteiger partial charge in [0.05, 0.1) is 35.1 Å². The average molecular weight is 483 g/mol. The third kappa shape index (κ3) is 6.57. The molecule has 1 amide bonds. The van der Waals surface area contributed by atoms with Crippen LogP contribution in [0.3, 0.4) is 0 Å². The first-order chi connectivity index (χ1) is 16.1. The van der Waals surface area contributed by atoms with Gasteiger partial charge in [0.1, 0.15) is 0 Å². The highest BCUT2D eigenvalue weighted by molar-refractivity contribution is 5.96. The summed E-state index contributed by atoms with van der Waals surface area (Å²) >= 11 is 0. The predicted octanol–water partition coefficient (Wildman–Crippen LogP) is 3.01. The molecule has 1 aliphatic rings. The van der Waals surface area contributed by atoms with Gasteiger partial charge in [-0.2, -0.15) is 13.2 Å². The van der Waals surface area contributed by atoms with Crippen molar-refractivity contribution >= 4 is 28.9 Å². The highest BCUT2D eigenvalue weighted by atomic mass is 19.4. The molecule has 1 heterocycles. The number of esters is 1. The molecule has 34 heavy (non-hydrogen) atoms. The second-order valence-electron chi connectivity index (χ2n) is 7.05. The number of benzene rings is 2. The first kappa shape index (κ1) is 24.8. The molecule has 1 N–H and O–H groups in total. The summed E-state index contributed by atoms with van der Waals surface area (Å²) in [5, 5.41) is 13.3. The Morgan fingerprint density at radius 2 is 1.82 bits per heavy atom. The molecule has 2 aromatic rings. The number of morpholine rings is 1. The SMILES string of the molecule is O=C(COC(=O)COc1ccccc1[N+](=O)[O-])Nc1cc(C(F)(F)F)ccc1N1CCOCC1. The minimum Gasteiger partial charge on any atom is -0.475 e. The van der Waals surface area contributed by atoms with Gasteiger partial charge >= 0.3 is 17.8 Å². The van der Waals surface area contributed by atoms with E-state index in [1.54, 1.807) is 4.90 Å². The zero-order valence-electron chi connectivity index (χ0n) is 17.7. The molecule has 0 aromatic heterocycles. The van der Waals surface area contributed by atoms with Crippen LogP contribution in [0.15, 0.2) is 42.5 Å². The Hall–Kier alpha value is -3.87. The van der Waals surface area contributed by atoms with Crippen LogP contribution in [0.1, 0.15) is 5.56 Å². The zero-order valence-corrected chi connectivity index (χ0v) is 17.7. The van der Waals surface area contributed by atoms with E-state index in [9.17, 15) is 32.9 Å². The third-order valence-electron chi connectivity index (χ3n) is 4.72. The summed E-state index contributed by atoms with van der Waals surface area (Å²) in [5.41, 5.74) is -1.02. The van der Waals surface area contributed by atoms with E-state index < -0.39 is 41.8 Å². The lowest BCUT2D eigenvalue weighted by molar-refractivity contribution is -0.385. The van der Waals surface area contributed by atoms with E-state index in [0.29, 0.717) is 32.0 Å². The van der Waals surface area contributed by atoms with Crippen molar-refractivity contribution in [3.63, 3.8) is 0 Å².